The van der Waals surface area contributed by atoms with Gasteiger partial charge in [0.25, 0.3) is 5.91 Å². The second-order valence-corrected chi connectivity index (χ2v) is 7.39. The lowest BCUT2D eigenvalue weighted by Gasteiger charge is -2.23. The maximum absolute atomic E-state index is 12.8. The summed E-state index contributed by atoms with van der Waals surface area (Å²) in [5, 5.41) is 2.11. The summed E-state index contributed by atoms with van der Waals surface area (Å²) in [7, 11) is 9.68. The normalized spacial score (nSPS) is 11.0. The Labute approximate surface area is 148 Å². The van der Waals surface area contributed by atoms with Gasteiger partial charge in [0.1, 0.15) is 5.82 Å². The molecule has 2 rings (SSSR count). The van der Waals surface area contributed by atoms with E-state index in [1.165, 1.54) is 5.56 Å². The molecular formula is C18H26N4OS. The monoisotopic (exact) mass is 346 g/mol. The van der Waals surface area contributed by atoms with Crippen molar-refractivity contribution in [2.24, 2.45) is 0 Å². The van der Waals surface area contributed by atoms with Gasteiger partial charge in [-0.3, -0.25) is 4.79 Å². The Kier molecular flexibility index (Phi) is 5.96. The smallest absolute Gasteiger partial charge is 0.257 e. The molecule has 6 heteroatoms. The van der Waals surface area contributed by atoms with Gasteiger partial charge in [-0.05, 0) is 50.2 Å². The van der Waals surface area contributed by atoms with Crippen molar-refractivity contribution >= 4 is 23.1 Å². The number of hydrogen-bond donors (Lipinski definition) is 0. The highest BCUT2D eigenvalue weighted by Crippen LogP contribution is 2.28. The molecule has 0 unspecified atom stereocenters. The van der Waals surface area contributed by atoms with E-state index < -0.39 is 0 Å². The quantitative estimate of drug-likeness (QED) is 0.806. The van der Waals surface area contributed by atoms with Crippen molar-refractivity contribution in [3.8, 4) is 10.6 Å². The minimum absolute atomic E-state index is 0.00181. The maximum atomic E-state index is 12.8. The second kappa shape index (κ2) is 7.77. The third-order valence-electron chi connectivity index (χ3n) is 3.74. The molecule has 0 bridgehead atoms. The van der Waals surface area contributed by atoms with Crippen LogP contribution in [0.15, 0.2) is 23.6 Å². The number of carbonyl (C=O) groups excluding carboxylic acids is 1. The van der Waals surface area contributed by atoms with Crippen LogP contribution in [0.5, 0.6) is 0 Å². The third-order valence-corrected chi connectivity index (χ3v) is 4.81. The number of rotatable bonds is 6. The average molecular weight is 347 g/mol. The standard InChI is InChI=1S/C18H26N4OS/c1-13-11-16(24-12-13)15-8-7-14(17(19-15)21(4)5)18(23)22(6)10-9-20(2)3/h7-8,11-12H,9-10H2,1-6H3. The molecule has 0 saturated carbocycles. The van der Waals surface area contributed by atoms with Crippen molar-refractivity contribution in [2.75, 3.05) is 53.2 Å². The first-order chi connectivity index (χ1) is 11.3. The fraction of sp³-hybridized carbons (Fsp3) is 0.444. The fourth-order valence-electron chi connectivity index (χ4n) is 2.32. The first-order valence-corrected chi connectivity index (χ1v) is 8.81. The Balaban J connectivity index is 2.31. The van der Waals surface area contributed by atoms with Crippen LogP contribution < -0.4 is 4.90 Å². The lowest BCUT2D eigenvalue weighted by molar-refractivity contribution is 0.0786. The molecule has 0 aliphatic carbocycles. The summed E-state index contributed by atoms with van der Waals surface area (Å²) >= 11 is 1.67. The Morgan fingerprint density at radius 1 is 1.12 bits per heavy atom. The van der Waals surface area contributed by atoms with E-state index in [9.17, 15) is 4.79 Å². The lowest BCUT2D eigenvalue weighted by atomic mass is 10.1. The van der Waals surface area contributed by atoms with Gasteiger partial charge < -0.3 is 14.7 Å². The summed E-state index contributed by atoms with van der Waals surface area (Å²) in [5.74, 6) is 0.710. The maximum Gasteiger partial charge on any atom is 0.257 e. The van der Waals surface area contributed by atoms with E-state index in [2.05, 4.69) is 23.3 Å². The van der Waals surface area contributed by atoms with Crippen molar-refractivity contribution in [3.63, 3.8) is 0 Å². The SMILES string of the molecule is Cc1csc(-c2ccc(C(=O)N(C)CCN(C)C)c(N(C)C)n2)c1. The van der Waals surface area contributed by atoms with Gasteiger partial charge in [0.2, 0.25) is 0 Å². The van der Waals surface area contributed by atoms with E-state index in [0.29, 0.717) is 17.9 Å². The molecule has 0 fully saturated rings. The molecule has 2 aromatic rings. The van der Waals surface area contributed by atoms with E-state index in [0.717, 1.165) is 17.1 Å². The minimum Gasteiger partial charge on any atom is -0.362 e. The fourth-order valence-corrected chi connectivity index (χ4v) is 3.19. The summed E-state index contributed by atoms with van der Waals surface area (Å²) in [4.78, 5) is 24.3. The zero-order chi connectivity index (χ0) is 17.9. The van der Waals surface area contributed by atoms with E-state index in [1.54, 1.807) is 16.2 Å². The molecule has 0 saturated heterocycles. The molecular weight excluding hydrogens is 320 g/mol. The van der Waals surface area contributed by atoms with Crippen LogP contribution in [0, 0.1) is 6.92 Å². The molecule has 0 aliphatic rings. The molecule has 5 nitrogen and oxygen atoms in total. The van der Waals surface area contributed by atoms with Crippen LogP contribution in [0.3, 0.4) is 0 Å². The Hall–Kier alpha value is -1.92. The summed E-state index contributed by atoms with van der Waals surface area (Å²) in [6, 6.07) is 5.95. The van der Waals surface area contributed by atoms with Crippen LogP contribution in [0.4, 0.5) is 5.82 Å². The summed E-state index contributed by atoms with van der Waals surface area (Å²) in [5.41, 5.74) is 2.77. The number of pyridine rings is 1. The van der Waals surface area contributed by atoms with Gasteiger partial charge in [-0.2, -0.15) is 0 Å². The van der Waals surface area contributed by atoms with Crippen LogP contribution in [0.1, 0.15) is 15.9 Å². The Morgan fingerprint density at radius 2 is 1.83 bits per heavy atom. The van der Waals surface area contributed by atoms with E-state index in [-0.39, 0.29) is 5.91 Å². The molecule has 0 N–H and O–H groups in total. The van der Waals surface area contributed by atoms with Gasteiger partial charge >= 0.3 is 0 Å². The molecule has 2 heterocycles. The van der Waals surface area contributed by atoms with E-state index in [1.807, 2.05) is 52.3 Å². The summed E-state index contributed by atoms with van der Waals surface area (Å²) in [6.07, 6.45) is 0. The van der Waals surface area contributed by atoms with E-state index in [4.69, 9.17) is 4.98 Å². The number of amides is 1. The molecule has 0 spiro atoms. The van der Waals surface area contributed by atoms with Crippen molar-refractivity contribution in [3.05, 3.63) is 34.7 Å². The molecule has 0 aromatic carbocycles. The number of aromatic nitrogens is 1. The number of anilines is 1. The number of hydrogen-bond acceptors (Lipinski definition) is 5. The van der Waals surface area contributed by atoms with Crippen LogP contribution in [-0.2, 0) is 0 Å². The Morgan fingerprint density at radius 3 is 2.38 bits per heavy atom. The highest BCUT2D eigenvalue weighted by Gasteiger charge is 2.19. The largest absolute Gasteiger partial charge is 0.362 e. The zero-order valence-electron chi connectivity index (χ0n) is 15.3. The highest BCUT2D eigenvalue weighted by atomic mass is 32.1. The number of nitrogens with zero attached hydrogens (tertiary/aromatic N) is 4. The summed E-state index contributed by atoms with van der Waals surface area (Å²) < 4.78 is 0. The average Bonchev–Trinajstić information content (AvgIpc) is 2.97. The van der Waals surface area contributed by atoms with Crippen LogP contribution in [0.25, 0.3) is 10.6 Å². The van der Waals surface area contributed by atoms with Gasteiger partial charge in [0, 0.05) is 34.2 Å². The van der Waals surface area contributed by atoms with Crippen LogP contribution in [0.2, 0.25) is 0 Å². The van der Waals surface area contributed by atoms with Gasteiger partial charge in [-0.1, -0.05) is 0 Å². The van der Waals surface area contributed by atoms with Crippen molar-refractivity contribution < 1.29 is 4.79 Å². The predicted octanol–water partition coefficient (Wildman–Crippen LogP) is 2.82. The van der Waals surface area contributed by atoms with E-state index >= 15 is 0 Å². The van der Waals surface area contributed by atoms with Crippen molar-refractivity contribution in [1.82, 2.24) is 14.8 Å². The molecule has 2 aromatic heterocycles. The molecule has 0 aliphatic heterocycles. The summed E-state index contributed by atoms with van der Waals surface area (Å²) in [6.45, 7) is 3.59. The van der Waals surface area contributed by atoms with Crippen molar-refractivity contribution in [1.29, 1.82) is 0 Å². The second-order valence-electron chi connectivity index (χ2n) is 6.48. The van der Waals surface area contributed by atoms with Crippen LogP contribution in [-0.4, -0.2) is 69.0 Å². The first-order valence-electron chi connectivity index (χ1n) is 7.93. The molecule has 1 amide bonds. The Bertz CT molecular complexity index is 709. The number of aryl methyl sites for hydroxylation is 1. The third kappa shape index (κ3) is 4.33. The van der Waals surface area contributed by atoms with Gasteiger partial charge in [0.05, 0.1) is 16.1 Å². The van der Waals surface area contributed by atoms with Crippen LogP contribution >= 0.6 is 11.3 Å². The topological polar surface area (TPSA) is 39.7 Å². The van der Waals surface area contributed by atoms with Crippen molar-refractivity contribution in [2.45, 2.75) is 6.92 Å². The predicted molar refractivity (Wildman–Crippen MR) is 102 cm³/mol. The van der Waals surface area contributed by atoms with Gasteiger partial charge in [-0.25, -0.2) is 4.98 Å². The number of thiophene rings is 1. The van der Waals surface area contributed by atoms with Gasteiger partial charge in [0.15, 0.2) is 0 Å². The molecule has 0 radical (unpaired) electrons. The van der Waals surface area contributed by atoms with Gasteiger partial charge in [-0.15, -0.1) is 11.3 Å². The molecule has 130 valence electrons. The lowest BCUT2D eigenvalue weighted by Crippen LogP contribution is -2.34. The molecule has 0 atom stereocenters. The highest BCUT2D eigenvalue weighted by molar-refractivity contribution is 7.13. The first kappa shape index (κ1) is 18.4. The minimum atomic E-state index is 0.00181. The number of likely N-dealkylation sites (N-methyl/N-ethyl adjacent to an activating group) is 2. The number of carbonyl (C=O) groups is 1. The molecule has 24 heavy (non-hydrogen) atoms. The zero-order valence-corrected chi connectivity index (χ0v) is 16.1.